The molecule has 1 spiro atoms. The number of sulfone groups is 1. The third-order valence-electron chi connectivity index (χ3n) is 9.09. The van der Waals surface area contributed by atoms with Gasteiger partial charge in [0.05, 0.1) is 24.5 Å². The lowest BCUT2D eigenvalue weighted by molar-refractivity contribution is -0.138. The lowest BCUT2D eigenvalue weighted by atomic mass is 9.82. The predicted molar refractivity (Wildman–Crippen MR) is 173 cm³/mol. The maximum atomic E-state index is 14.3. The van der Waals surface area contributed by atoms with E-state index < -0.39 is 38.9 Å². The van der Waals surface area contributed by atoms with Gasteiger partial charge in [-0.25, -0.2) is 13.2 Å². The van der Waals surface area contributed by atoms with Gasteiger partial charge in [-0.15, -0.1) is 0 Å². The molecule has 0 saturated carbocycles. The first-order valence-corrected chi connectivity index (χ1v) is 18.1. The standard InChI is InChI=1S/C33H39F3N6O7S/c1-21(2)20-50(45,46)27-6-4-3-5-26(27)48-25-8-7-22(17-24(25)33(34,35)36)29-38-28(49-40-29)18-23-19-32(9-10-37-23)30(43)39-31(44)42(32)12-11-41-13-15-47-16-14-41/h3-8,17,21,23,37H,9-16,18-20H2,1-2H3,(H,39,43,44). The summed E-state index contributed by atoms with van der Waals surface area (Å²) >= 11 is 0. The van der Waals surface area contributed by atoms with E-state index in [2.05, 4.69) is 25.7 Å². The molecule has 1 aromatic heterocycles. The van der Waals surface area contributed by atoms with E-state index in [1.54, 1.807) is 18.7 Å². The van der Waals surface area contributed by atoms with Crippen molar-refractivity contribution in [2.24, 2.45) is 5.92 Å². The van der Waals surface area contributed by atoms with Crippen LogP contribution in [0.1, 0.15) is 38.1 Å². The Morgan fingerprint density at radius 1 is 1.08 bits per heavy atom. The highest BCUT2D eigenvalue weighted by atomic mass is 32.2. The largest absolute Gasteiger partial charge is 0.455 e. The van der Waals surface area contributed by atoms with Crippen LogP contribution in [0.4, 0.5) is 18.0 Å². The molecule has 13 nitrogen and oxygen atoms in total. The average Bonchev–Trinajstić information content (AvgIpc) is 3.61. The van der Waals surface area contributed by atoms with Gasteiger partial charge in [0.25, 0.3) is 5.91 Å². The molecule has 2 unspecified atom stereocenters. The van der Waals surface area contributed by atoms with Crippen molar-refractivity contribution in [1.29, 1.82) is 0 Å². The fourth-order valence-corrected chi connectivity index (χ4v) is 8.48. The number of hydrogen-bond donors (Lipinski definition) is 2. The molecule has 270 valence electrons. The molecule has 3 aliphatic heterocycles. The Bertz CT molecular complexity index is 1830. The molecule has 17 heteroatoms. The first-order valence-electron chi connectivity index (χ1n) is 16.5. The highest BCUT2D eigenvalue weighted by molar-refractivity contribution is 7.91. The Morgan fingerprint density at radius 2 is 1.84 bits per heavy atom. The van der Waals surface area contributed by atoms with Crippen LogP contribution in [0.15, 0.2) is 51.9 Å². The maximum absolute atomic E-state index is 14.3. The molecule has 0 radical (unpaired) electrons. The number of carbonyl (C=O) groups excluding carboxylic acids is 2. The van der Waals surface area contributed by atoms with E-state index in [0.717, 1.165) is 25.2 Å². The highest BCUT2D eigenvalue weighted by Gasteiger charge is 2.54. The van der Waals surface area contributed by atoms with Crippen LogP contribution < -0.4 is 15.4 Å². The summed E-state index contributed by atoms with van der Waals surface area (Å²) < 4.78 is 85.3. The Morgan fingerprint density at radius 3 is 2.58 bits per heavy atom. The summed E-state index contributed by atoms with van der Waals surface area (Å²) in [5, 5.41) is 9.72. The van der Waals surface area contributed by atoms with Crippen LogP contribution in [0.5, 0.6) is 11.5 Å². The molecule has 3 amide bonds. The summed E-state index contributed by atoms with van der Waals surface area (Å²) in [7, 11) is -3.83. The third-order valence-corrected chi connectivity index (χ3v) is 11.2. The highest BCUT2D eigenvalue weighted by Crippen LogP contribution is 2.42. The van der Waals surface area contributed by atoms with Crippen LogP contribution in [0, 0.1) is 5.92 Å². The molecule has 3 fully saturated rings. The monoisotopic (exact) mass is 720 g/mol. The molecule has 3 aliphatic rings. The quantitative estimate of drug-likeness (QED) is 0.277. The van der Waals surface area contributed by atoms with Crippen molar-refractivity contribution in [3.05, 3.63) is 53.9 Å². The van der Waals surface area contributed by atoms with E-state index in [-0.39, 0.29) is 64.4 Å². The lowest BCUT2D eigenvalue weighted by Gasteiger charge is -2.42. The minimum atomic E-state index is -4.86. The molecule has 2 atom stereocenters. The van der Waals surface area contributed by atoms with E-state index >= 15 is 0 Å². The molecule has 3 aromatic rings. The maximum Gasteiger partial charge on any atom is 0.420 e. The van der Waals surface area contributed by atoms with Crippen molar-refractivity contribution >= 4 is 21.8 Å². The molecular formula is C33H39F3N6O7S. The molecular weight excluding hydrogens is 681 g/mol. The Balaban J connectivity index is 1.18. The van der Waals surface area contributed by atoms with Crippen LogP contribution in [-0.2, 0) is 32.0 Å². The molecule has 2 N–H and O–H groups in total. The number of amides is 3. The van der Waals surface area contributed by atoms with Crippen molar-refractivity contribution in [1.82, 2.24) is 30.6 Å². The number of imide groups is 1. The molecule has 4 heterocycles. The number of halogens is 3. The number of nitrogens with one attached hydrogen (secondary N) is 2. The summed E-state index contributed by atoms with van der Waals surface area (Å²) in [6.45, 7) is 7.59. The van der Waals surface area contributed by atoms with Crippen molar-refractivity contribution in [2.75, 3.05) is 51.7 Å². The molecule has 50 heavy (non-hydrogen) atoms. The van der Waals surface area contributed by atoms with E-state index in [4.69, 9.17) is 14.0 Å². The Hall–Kier alpha value is -4.06. The van der Waals surface area contributed by atoms with Gasteiger partial charge >= 0.3 is 12.2 Å². The summed E-state index contributed by atoms with van der Waals surface area (Å²) in [6, 6.07) is 8.05. The van der Waals surface area contributed by atoms with Gasteiger partial charge in [0, 0.05) is 44.2 Å². The topological polar surface area (TPSA) is 156 Å². The number of aromatic nitrogens is 2. The molecule has 0 aliphatic carbocycles. The SMILES string of the molecule is CC(C)CS(=O)(=O)c1ccccc1Oc1ccc(-c2noc(CC3CC4(CCN3)C(=O)NC(=O)N4CCN3CCOCC3)n2)cc1C(F)(F)F. The summed E-state index contributed by atoms with van der Waals surface area (Å²) in [5.74, 6) is -1.53. The van der Waals surface area contributed by atoms with Crippen LogP contribution >= 0.6 is 0 Å². The smallest absolute Gasteiger partial charge is 0.420 e. The number of para-hydroxylation sites is 1. The summed E-state index contributed by atoms with van der Waals surface area (Å²) in [4.78, 5) is 34.0. The van der Waals surface area contributed by atoms with Crippen LogP contribution in [0.3, 0.4) is 0 Å². The summed E-state index contributed by atoms with van der Waals surface area (Å²) in [5.41, 5.74) is -2.20. The normalized spacial score (nSPS) is 22.0. The number of nitrogens with zero attached hydrogens (tertiary/aromatic N) is 4. The van der Waals surface area contributed by atoms with Crippen molar-refractivity contribution in [3.63, 3.8) is 0 Å². The van der Waals surface area contributed by atoms with Crippen molar-refractivity contribution in [2.45, 2.75) is 55.8 Å². The van der Waals surface area contributed by atoms with Gasteiger partial charge in [-0.2, -0.15) is 18.2 Å². The average molecular weight is 721 g/mol. The minimum Gasteiger partial charge on any atom is -0.455 e. The number of piperidine rings is 1. The fourth-order valence-electron chi connectivity index (χ4n) is 6.72. The van der Waals surface area contributed by atoms with Gasteiger partial charge in [0.15, 0.2) is 9.84 Å². The summed E-state index contributed by atoms with van der Waals surface area (Å²) in [6.07, 6.45) is -3.99. The third kappa shape index (κ3) is 7.65. The molecule has 0 bridgehead atoms. The van der Waals surface area contributed by atoms with E-state index in [9.17, 15) is 31.2 Å². The van der Waals surface area contributed by atoms with Gasteiger partial charge < -0.3 is 24.2 Å². The Labute approximate surface area is 287 Å². The fraction of sp³-hybridized carbons (Fsp3) is 0.515. The second-order valence-electron chi connectivity index (χ2n) is 13.2. The minimum absolute atomic E-state index is 0.00326. The van der Waals surface area contributed by atoms with Crippen molar-refractivity contribution in [3.8, 4) is 22.9 Å². The van der Waals surface area contributed by atoms with Gasteiger partial charge in [-0.3, -0.25) is 15.0 Å². The van der Waals surface area contributed by atoms with Gasteiger partial charge in [-0.1, -0.05) is 31.1 Å². The van der Waals surface area contributed by atoms with Gasteiger partial charge in [0.1, 0.15) is 21.9 Å². The van der Waals surface area contributed by atoms with Crippen LogP contribution in [0.25, 0.3) is 11.4 Å². The van der Waals surface area contributed by atoms with Crippen LogP contribution in [0.2, 0.25) is 0 Å². The second kappa shape index (κ2) is 14.3. The zero-order valence-corrected chi connectivity index (χ0v) is 28.5. The first kappa shape index (κ1) is 35.8. The number of alkyl halides is 3. The molecule has 2 aromatic carbocycles. The van der Waals surface area contributed by atoms with Gasteiger partial charge in [0.2, 0.25) is 11.7 Å². The predicted octanol–water partition coefficient (Wildman–Crippen LogP) is 3.89. The zero-order chi connectivity index (χ0) is 35.7. The van der Waals surface area contributed by atoms with Crippen molar-refractivity contribution < 1.29 is 45.2 Å². The number of hydrogen-bond acceptors (Lipinski definition) is 11. The number of urea groups is 1. The second-order valence-corrected chi connectivity index (χ2v) is 15.2. The number of morpholine rings is 1. The number of benzene rings is 2. The van der Waals surface area contributed by atoms with E-state index in [1.807, 2.05) is 0 Å². The number of carbonyl (C=O) groups is 2. The number of ether oxygens (including phenoxy) is 2. The van der Waals surface area contributed by atoms with Gasteiger partial charge in [-0.05, 0) is 55.6 Å². The lowest BCUT2D eigenvalue weighted by Crippen LogP contribution is -2.60. The number of rotatable bonds is 11. The zero-order valence-electron chi connectivity index (χ0n) is 27.7. The van der Waals surface area contributed by atoms with Crippen LogP contribution in [-0.4, -0.2) is 104 Å². The molecule has 3 saturated heterocycles. The Kier molecular flexibility index (Phi) is 10.2. The molecule has 6 rings (SSSR count). The first-order chi connectivity index (χ1) is 23.7. The van der Waals surface area contributed by atoms with E-state index in [1.165, 1.54) is 30.3 Å². The van der Waals surface area contributed by atoms with E-state index in [0.29, 0.717) is 39.3 Å².